The van der Waals surface area contributed by atoms with E-state index >= 15 is 0 Å². The highest BCUT2D eigenvalue weighted by Gasteiger charge is 2.22. The van der Waals surface area contributed by atoms with E-state index < -0.39 is 0 Å². The molecule has 1 N–H and O–H groups in total. The molecule has 0 unspecified atom stereocenters. The summed E-state index contributed by atoms with van der Waals surface area (Å²) in [5.41, 5.74) is 3.05. The molecule has 2 heterocycles. The van der Waals surface area contributed by atoms with Crippen molar-refractivity contribution in [3.05, 3.63) is 66.1 Å². The maximum Gasteiger partial charge on any atom is 0.136 e. The fraction of sp³-hybridized carbons (Fsp3) is 0.348. The van der Waals surface area contributed by atoms with Crippen molar-refractivity contribution in [3.8, 4) is 22.7 Å². The van der Waals surface area contributed by atoms with Crippen LogP contribution in [0.1, 0.15) is 18.4 Å². The number of likely N-dealkylation sites (tertiary alicyclic amines) is 1. The second kappa shape index (κ2) is 8.76. The van der Waals surface area contributed by atoms with E-state index in [4.69, 9.17) is 9.84 Å². The largest absolute Gasteiger partial charge is 0.497 e. The van der Waals surface area contributed by atoms with Crippen LogP contribution in [0.15, 0.2) is 54.7 Å². The molecule has 0 saturated carbocycles. The van der Waals surface area contributed by atoms with Crippen LogP contribution in [0.5, 0.6) is 5.75 Å². The van der Waals surface area contributed by atoms with Crippen molar-refractivity contribution in [1.82, 2.24) is 14.7 Å². The van der Waals surface area contributed by atoms with Gasteiger partial charge in [0.15, 0.2) is 0 Å². The van der Waals surface area contributed by atoms with Crippen LogP contribution in [0.3, 0.4) is 0 Å². The summed E-state index contributed by atoms with van der Waals surface area (Å²) in [6.45, 7) is 2.80. The topological polar surface area (TPSA) is 50.5 Å². The molecule has 29 heavy (non-hydrogen) atoms. The minimum Gasteiger partial charge on any atom is -0.497 e. The van der Waals surface area contributed by atoms with Crippen molar-refractivity contribution in [2.45, 2.75) is 19.4 Å². The molecule has 1 aliphatic rings. The Bertz CT molecular complexity index is 950. The molecule has 5 nitrogen and oxygen atoms in total. The zero-order valence-electron chi connectivity index (χ0n) is 16.6. The van der Waals surface area contributed by atoms with Crippen LogP contribution in [0.2, 0.25) is 0 Å². The lowest BCUT2D eigenvalue weighted by Gasteiger charge is -2.30. The van der Waals surface area contributed by atoms with Gasteiger partial charge in [-0.2, -0.15) is 5.10 Å². The van der Waals surface area contributed by atoms with Crippen LogP contribution in [-0.4, -0.2) is 46.6 Å². The highest BCUT2D eigenvalue weighted by Crippen LogP contribution is 2.30. The first kappa shape index (κ1) is 19.6. The number of nitrogens with zero attached hydrogens (tertiary/aromatic N) is 3. The molecule has 0 aliphatic carbocycles. The number of aromatic nitrogens is 2. The summed E-state index contributed by atoms with van der Waals surface area (Å²) in [5.74, 6) is 0.529. The lowest BCUT2D eigenvalue weighted by Crippen LogP contribution is -2.34. The van der Waals surface area contributed by atoms with Crippen LogP contribution >= 0.6 is 0 Å². The quantitative estimate of drug-likeness (QED) is 0.688. The monoisotopic (exact) mass is 395 g/mol. The number of para-hydroxylation sites is 1. The number of hydrogen-bond donors (Lipinski definition) is 1. The Morgan fingerprint density at radius 2 is 1.90 bits per heavy atom. The molecule has 0 spiro atoms. The summed E-state index contributed by atoms with van der Waals surface area (Å²) in [4.78, 5) is 2.35. The molecule has 1 fully saturated rings. The predicted molar refractivity (Wildman–Crippen MR) is 111 cm³/mol. The molecule has 0 atom stereocenters. The molecule has 2 aromatic carbocycles. The predicted octanol–water partition coefficient (Wildman–Crippen LogP) is 3.89. The molecule has 0 bridgehead atoms. The molecule has 1 aromatic heterocycles. The highest BCUT2D eigenvalue weighted by molar-refractivity contribution is 5.65. The van der Waals surface area contributed by atoms with Gasteiger partial charge >= 0.3 is 0 Å². The van der Waals surface area contributed by atoms with E-state index in [1.165, 1.54) is 13.2 Å². The number of halogens is 1. The fourth-order valence-corrected chi connectivity index (χ4v) is 3.85. The Morgan fingerprint density at radius 1 is 1.14 bits per heavy atom. The molecular weight excluding hydrogens is 369 g/mol. The maximum atomic E-state index is 14.8. The van der Waals surface area contributed by atoms with Crippen LogP contribution < -0.4 is 4.74 Å². The number of methoxy groups -OCH3 is 1. The van der Waals surface area contributed by atoms with E-state index in [-0.39, 0.29) is 12.4 Å². The van der Waals surface area contributed by atoms with Gasteiger partial charge in [0.25, 0.3) is 0 Å². The first-order chi connectivity index (χ1) is 14.2. The number of benzene rings is 2. The van der Waals surface area contributed by atoms with E-state index in [1.807, 2.05) is 41.2 Å². The molecule has 0 radical (unpaired) electrons. The van der Waals surface area contributed by atoms with E-state index in [2.05, 4.69) is 4.90 Å². The molecule has 6 heteroatoms. The van der Waals surface area contributed by atoms with Crippen molar-refractivity contribution in [2.24, 2.45) is 5.92 Å². The van der Waals surface area contributed by atoms with E-state index in [1.54, 1.807) is 12.1 Å². The van der Waals surface area contributed by atoms with Crippen molar-refractivity contribution >= 4 is 0 Å². The van der Waals surface area contributed by atoms with Crippen LogP contribution in [-0.2, 0) is 6.54 Å². The average Bonchev–Trinajstić information content (AvgIpc) is 3.18. The summed E-state index contributed by atoms with van der Waals surface area (Å²) in [6, 6.07) is 14.7. The summed E-state index contributed by atoms with van der Waals surface area (Å²) in [5, 5.41) is 14.1. The zero-order chi connectivity index (χ0) is 20.2. The third-order valence-electron chi connectivity index (χ3n) is 5.60. The van der Waals surface area contributed by atoms with Gasteiger partial charge in [-0.15, -0.1) is 0 Å². The Kier molecular flexibility index (Phi) is 5.92. The summed E-state index contributed by atoms with van der Waals surface area (Å²) in [7, 11) is 1.53. The fourth-order valence-electron chi connectivity index (χ4n) is 3.85. The molecule has 152 valence electrons. The minimum atomic E-state index is -0.345. The van der Waals surface area contributed by atoms with Crippen LogP contribution in [0, 0.1) is 11.7 Å². The standard InChI is InChI=1S/C23H26FN3O2/c1-29-20-7-8-21(22(24)13-20)23-18(14-26-11-9-17(16-28)10-12-26)15-27(25-23)19-5-3-2-4-6-19/h2-8,13,15,17,28H,9-12,14,16H2,1H3. The van der Waals surface area contributed by atoms with Gasteiger partial charge in [0.1, 0.15) is 17.3 Å². The lowest BCUT2D eigenvalue weighted by molar-refractivity contribution is 0.127. The number of aliphatic hydroxyl groups is 1. The van der Waals surface area contributed by atoms with Gasteiger partial charge in [0.05, 0.1) is 12.8 Å². The highest BCUT2D eigenvalue weighted by atomic mass is 19.1. The number of piperidine rings is 1. The van der Waals surface area contributed by atoms with Crippen molar-refractivity contribution in [2.75, 3.05) is 26.8 Å². The number of aliphatic hydroxyl groups excluding tert-OH is 1. The maximum absolute atomic E-state index is 14.8. The first-order valence-electron chi connectivity index (χ1n) is 9.99. The molecule has 4 rings (SSSR count). The number of rotatable bonds is 6. The lowest BCUT2D eigenvalue weighted by atomic mass is 9.97. The number of hydrogen-bond acceptors (Lipinski definition) is 4. The zero-order valence-corrected chi connectivity index (χ0v) is 16.6. The van der Waals surface area contributed by atoms with Crippen LogP contribution in [0.4, 0.5) is 4.39 Å². The summed E-state index contributed by atoms with van der Waals surface area (Å²) in [6.07, 6.45) is 3.96. The first-order valence-corrected chi connectivity index (χ1v) is 9.99. The Labute approximate surface area is 170 Å². The molecule has 1 aliphatic heterocycles. The van der Waals surface area contributed by atoms with Gasteiger partial charge in [-0.3, -0.25) is 4.90 Å². The van der Waals surface area contributed by atoms with Gasteiger partial charge in [0, 0.05) is 36.5 Å². The minimum absolute atomic E-state index is 0.252. The third kappa shape index (κ3) is 4.33. The SMILES string of the molecule is COc1ccc(-c2nn(-c3ccccc3)cc2CN2CCC(CO)CC2)c(F)c1. The smallest absolute Gasteiger partial charge is 0.136 e. The second-order valence-electron chi connectivity index (χ2n) is 7.53. The number of ether oxygens (including phenoxy) is 1. The van der Waals surface area contributed by atoms with Gasteiger partial charge in [-0.05, 0) is 56.1 Å². The second-order valence-corrected chi connectivity index (χ2v) is 7.53. The molecule has 0 amide bonds. The van der Waals surface area contributed by atoms with Crippen molar-refractivity contribution < 1.29 is 14.2 Å². The van der Waals surface area contributed by atoms with Crippen LogP contribution in [0.25, 0.3) is 16.9 Å². The Hall–Kier alpha value is -2.70. The summed E-state index contributed by atoms with van der Waals surface area (Å²) < 4.78 is 21.8. The summed E-state index contributed by atoms with van der Waals surface area (Å²) >= 11 is 0. The van der Waals surface area contributed by atoms with E-state index in [0.717, 1.165) is 37.2 Å². The average molecular weight is 395 g/mol. The van der Waals surface area contributed by atoms with E-state index in [0.29, 0.717) is 29.5 Å². The Morgan fingerprint density at radius 3 is 2.55 bits per heavy atom. The molecular formula is C23H26FN3O2. The molecule has 1 saturated heterocycles. The normalized spacial score (nSPS) is 15.6. The third-order valence-corrected chi connectivity index (χ3v) is 5.60. The van der Waals surface area contributed by atoms with Crippen molar-refractivity contribution in [3.63, 3.8) is 0 Å². The van der Waals surface area contributed by atoms with Gasteiger partial charge in [-0.25, -0.2) is 9.07 Å². The van der Waals surface area contributed by atoms with Crippen molar-refractivity contribution in [1.29, 1.82) is 0 Å². The molecule has 3 aromatic rings. The van der Waals surface area contributed by atoms with Gasteiger partial charge in [-0.1, -0.05) is 18.2 Å². The van der Waals surface area contributed by atoms with E-state index in [9.17, 15) is 9.50 Å². The van der Waals surface area contributed by atoms with Gasteiger partial charge in [0.2, 0.25) is 0 Å². The Balaban J connectivity index is 1.68. The van der Waals surface area contributed by atoms with Gasteiger partial charge < -0.3 is 9.84 Å².